The number of carbonyl (C=O) groups excluding carboxylic acids is 1. The number of benzene rings is 2. The Bertz CT molecular complexity index is 1180. The van der Waals surface area contributed by atoms with Crippen molar-refractivity contribution in [1.29, 1.82) is 0 Å². The molecule has 1 amide bonds. The second-order valence-corrected chi connectivity index (χ2v) is 8.56. The Labute approximate surface area is 212 Å². The molecule has 11 heteroatoms. The van der Waals surface area contributed by atoms with Crippen LogP contribution in [0.25, 0.3) is 5.57 Å². The van der Waals surface area contributed by atoms with Crippen LogP contribution in [0.3, 0.4) is 0 Å². The second kappa shape index (κ2) is 12.1. The molecule has 0 aliphatic carbocycles. The topological polar surface area (TPSA) is 83.1 Å². The van der Waals surface area contributed by atoms with Crippen molar-refractivity contribution >= 4 is 17.2 Å². The highest BCUT2D eigenvalue weighted by Gasteiger charge is 2.31. The summed E-state index contributed by atoms with van der Waals surface area (Å²) in [6, 6.07) is 7.19. The highest BCUT2D eigenvalue weighted by molar-refractivity contribution is 5.92. The molecule has 0 spiro atoms. The number of nitrogens with one attached hydrogen (secondary N) is 2. The summed E-state index contributed by atoms with van der Waals surface area (Å²) in [5, 5.41) is 14.8. The Kier molecular flexibility index (Phi) is 9.17. The van der Waals surface area contributed by atoms with E-state index >= 15 is 0 Å². The van der Waals surface area contributed by atoms with E-state index in [1.54, 1.807) is 27.1 Å². The molecule has 3 N–H and O–H groups in total. The van der Waals surface area contributed by atoms with Gasteiger partial charge in [-0.3, -0.25) is 4.79 Å². The number of hydrogen-bond acceptors (Lipinski definition) is 6. The highest BCUT2D eigenvalue weighted by atomic mass is 19.4. The number of nitrogens with zero attached hydrogens (tertiary/aromatic N) is 1. The monoisotopic (exact) mass is 523 g/mol. The van der Waals surface area contributed by atoms with Gasteiger partial charge in [0.05, 0.1) is 18.6 Å². The van der Waals surface area contributed by atoms with Gasteiger partial charge in [-0.1, -0.05) is 12.1 Å². The summed E-state index contributed by atoms with van der Waals surface area (Å²) in [6.45, 7) is 2.76. The van der Waals surface area contributed by atoms with Crippen molar-refractivity contribution in [3.8, 4) is 5.75 Å². The van der Waals surface area contributed by atoms with E-state index < -0.39 is 36.1 Å². The van der Waals surface area contributed by atoms with Crippen molar-refractivity contribution < 1.29 is 36.9 Å². The van der Waals surface area contributed by atoms with E-state index in [9.17, 15) is 27.5 Å². The normalized spacial score (nSPS) is 15.5. The fraction of sp³-hybridized carbons (Fsp3) is 0.346. The van der Waals surface area contributed by atoms with Gasteiger partial charge in [0.15, 0.2) is 0 Å². The van der Waals surface area contributed by atoms with Gasteiger partial charge in [0.25, 0.3) is 0 Å². The van der Waals surface area contributed by atoms with Gasteiger partial charge >= 0.3 is 6.18 Å². The molecule has 0 bridgehead atoms. The highest BCUT2D eigenvalue weighted by Crippen LogP contribution is 2.34. The first-order chi connectivity index (χ1) is 17.5. The number of anilines is 1. The molecule has 1 atom stereocenters. The van der Waals surface area contributed by atoms with E-state index in [1.807, 2.05) is 4.90 Å². The third-order valence-electron chi connectivity index (χ3n) is 5.31. The van der Waals surface area contributed by atoms with Gasteiger partial charge in [0, 0.05) is 36.1 Å². The minimum Gasteiger partial charge on any atom is -0.493 e. The maximum Gasteiger partial charge on any atom is 0.416 e. The molecule has 1 aliphatic rings. The Morgan fingerprint density at radius 3 is 2.57 bits per heavy atom. The number of dihydropyridines is 1. The maximum absolute atomic E-state index is 14.9. The lowest BCUT2D eigenvalue weighted by molar-refractivity contribution is -0.137. The van der Waals surface area contributed by atoms with Crippen LogP contribution in [-0.2, 0) is 22.1 Å². The van der Waals surface area contributed by atoms with Crippen molar-refractivity contribution in [3.63, 3.8) is 0 Å². The van der Waals surface area contributed by atoms with Crippen molar-refractivity contribution in [1.82, 2.24) is 10.2 Å². The Balaban J connectivity index is 1.74. The van der Waals surface area contributed by atoms with Crippen LogP contribution in [0.2, 0.25) is 0 Å². The number of allylic oxidation sites excluding steroid dienone is 1. The van der Waals surface area contributed by atoms with E-state index in [1.165, 1.54) is 30.5 Å². The number of likely N-dealkylation sites (N-methyl/N-ethyl adjacent to an activating group) is 1. The van der Waals surface area contributed by atoms with Crippen LogP contribution < -0.4 is 15.4 Å². The van der Waals surface area contributed by atoms with Gasteiger partial charge in [-0.25, -0.2) is 4.39 Å². The smallest absolute Gasteiger partial charge is 0.416 e. The zero-order valence-electron chi connectivity index (χ0n) is 20.7. The largest absolute Gasteiger partial charge is 0.493 e. The van der Waals surface area contributed by atoms with Crippen LogP contribution in [0.4, 0.5) is 23.2 Å². The van der Waals surface area contributed by atoms with Crippen LogP contribution >= 0.6 is 0 Å². The van der Waals surface area contributed by atoms with Gasteiger partial charge < -0.3 is 30.1 Å². The number of halogens is 4. The first-order valence-corrected chi connectivity index (χ1v) is 11.5. The molecule has 200 valence electrons. The van der Waals surface area contributed by atoms with Crippen molar-refractivity contribution in [3.05, 3.63) is 76.9 Å². The molecule has 1 aliphatic heterocycles. The third kappa shape index (κ3) is 7.96. The molecule has 0 saturated carbocycles. The minimum atomic E-state index is -4.64. The van der Waals surface area contributed by atoms with Crippen LogP contribution in [0.15, 0.2) is 54.4 Å². The van der Waals surface area contributed by atoms with Gasteiger partial charge in [-0.2, -0.15) is 13.2 Å². The number of alkyl halides is 3. The Morgan fingerprint density at radius 1 is 1.16 bits per heavy atom. The molecule has 2 aromatic carbocycles. The van der Waals surface area contributed by atoms with E-state index in [0.717, 1.165) is 12.1 Å². The average Bonchev–Trinajstić information content (AvgIpc) is 2.80. The number of rotatable bonds is 10. The first-order valence-electron chi connectivity index (χ1n) is 11.5. The van der Waals surface area contributed by atoms with E-state index in [-0.39, 0.29) is 23.6 Å². The SMILES string of the molecule is CCOC1=CC(O)NC=C1c1ccc(CC(=O)Nc2cc(OCCN(C)C)cc(C(F)(F)F)c2)c(F)c1. The molecule has 0 fully saturated rings. The fourth-order valence-electron chi connectivity index (χ4n) is 3.53. The maximum atomic E-state index is 14.9. The molecule has 37 heavy (non-hydrogen) atoms. The number of hydrogen-bond donors (Lipinski definition) is 3. The lowest BCUT2D eigenvalue weighted by atomic mass is 9.99. The standard InChI is InChI=1S/C26H29F4N3O4/c1-4-36-23-14-24(34)31-15-21(23)16-5-6-17(22(27)9-16)10-25(35)32-19-11-18(26(28,29)30)12-20(13-19)37-8-7-33(2)3/h5-6,9,11-15,24,31,34H,4,7-8,10H2,1-3H3,(H,32,35). The number of ether oxygens (including phenoxy) is 2. The van der Waals surface area contributed by atoms with Gasteiger partial charge in [0.1, 0.15) is 30.2 Å². The number of carbonyl (C=O) groups is 1. The van der Waals surface area contributed by atoms with Crippen molar-refractivity contribution in [2.45, 2.75) is 25.7 Å². The molecular weight excluding hydrogens is 494 g/mol. The summed E-state index contributed by atoms with van der Waals surface area (Å²) in [6.07, 6.45) is -3.03. The lowest BCUT2D eigenvalue weighted by Crippen LogP contribution is -2.26. The predicted octanol–water partition coefficient (Wildman–Crippen LogP) is 4.15. The van der Waals surface area contributed by atoms with Crippen molar-refractivity contribution in [2.24, 2.45) is 0 Å². The molecule has 7 nitrogen and oxygen atoms in total. The quantitative estimate of drug-likeness (QED) is 0.406. The van der Waals surface area contributed by atoms with E-state index in [2.05, 4.69) is 10.6 Å². The molecule has 1 heterocycles. The van der Waals surface area contributed by atoms with E-state index in [4.69, 9.17) is 9.47 Å². The van der Waals surface area contributed by atoms with Crippen LogP contribution in [-0.4, -0.2) is 56.0 Å². The molecule has 0 radical (unpaired) electrons. The number of aliphatic hydroxyl groups is 1. The molecule has 0 saturated heterocycles. The summed E-state index contributed by atoms with van der Waals surface area (Å²) in [5.41, 5.74) is -0.0495. The summed E-state index contributed by atoms with van der Waals surface area (Å²) >= 11 is 0. The second-order valence-electron chi connectivity index (χ2n) is 8.56. The van der Waals surface area contributed by atoms with Gasteiger partial charge in [0.2, 0.25) is 5.91 Å². The molecule has 0 aromatic heterocycles. The summed E-state index contributed by atoms with van der Waals surface area (Å²) in [4.78, 5) is 14.4. The first kappa shape index (κ1) is 28.0. The summed E-state index contributed by atoms with van der Waals surface area (Å²) in [5.74, 6) is -1.03. The number of aliphatic hydroxyl groups excluding tert-OH is 1. The fourth-order valence-corrected chi connectivity index (χ4v) is 3.53. The van der Waals surface area contributed by atoms with Crippen LogP contribution in [0, 0.1) is 5.82 Å². The Morgan fingerprint density at radius 2 is 1.92 bits per heavy atom. The molecule has 2 aromatic rings. The van der Waals surface area contributed by atoms with E-state index in [0.29, 0.717) is 30.0 Å². The van der Waals surface area contributed by atoms with Gasteiger partial charge in [-0.05, 0) is 50.3 Å². The van der Waals surface area contributed by atoms with Crippen molar-refractivity contribution in [2.75, 3.05) is 39.2 Å². The predicted molar refractivity (Wildman–Crippen MR) is 131 cm³/mol. The third-order valence-corrected chi connectivity index (χ3v) is 5.31. The average molecular weight is 524 g/mol. The molecule has 3 rings (SSSR count). The zero-order chi connectivity index (χ0) is 27.2. The van der Waals surface area contributed by atoms with Crippen LogP contribution in [0.1, 0.15) is 23.6 Å². The molecule has 1 unspecified atom stereocenters. The number of amides is 1. The summed E-state index contributed by atoms with van der Waals surface area (Å²) in [7, 11) is 3.60. The Hall–Kier alpha value is -3.57. The van der Waals surface area contributed by atoms with Crippen LogP contribution in [0.5, 0.6) is 5.75 Å². The summed E-state index contributed by atoms with van der Waals surface area (Å²) < 4.78 is 65.9. The lowest BCUT2D eigenvalue weighted by Gasteiger charge is -2.21. The molecular formula is C26H29F4N3O4. The van der Waals surface area contributed by atoms with Gasteiger partial charge in [-0.15, -0.1) is 0 Å². The zero-order valence-corrected chi connectivity index (χ0v) is 20.7. The minimum absolute atomic E-state index is 0.0415.